The molecule has 2 rings (SSSR count). The predicted molar refractivity (Wildman–Crippen MR) is 109 cm³/mol. The maximum Gasteiger partial charge on any atom is 0.410 e. The summed E-state index contributed by atoms with van der Waals surface area (Å²) in [6.45, 7) is 8.43. The van der Waals surface area contributed by atoms with E-state index >= 15 is 0 Å². The lowest BCUT2D eigenvalue weighted by Gasteiger charge is -2.34. The molecule has 1 aromatic carbocycles. The van der Waals surface area contributed by atoms with Gasteiger partial charge in [-0.3, -0.25) is 4.79 Å². The van der Waals surface area contributed by atoms with Gasteiger partial charge in [-0.1, -0.05) is 37.3 Å². The van der Waals surface area contributed by atoms with E-state index in [1.54, 1.807) is 16.7 Å². The zero-order valence-corrected chi connectivity index (χ0v) is 17.8. The fourth-order valence-corrected chi connectivity index (χ4v) is 4.49. The molecule has 0 aliphatic carbocycles. The molecule has 0 radical (unpaired) electrons. The molecule has 27 heavy (non-hydrogen) atoms. The van der Waals surface area contributed by atoms with Gasteiger partial charge < -0.3 is 14.4 Å². The Morgan fingerprint density at radius 1 is 1.26 bits per heavy atom. The van der Waals surface area contributed by atoms with Crippen molar-refractivity contribution in [3.63, 3.8) is 0 Å². The number of carbonyl (C=O) groups is 2. The monoisotopic (exact) mass is 393 g/mol. The van der Waals surface area contributed by atoms with Gasteiger partial charge >= 0.3 is 12.1 Å². The van der Waals surface area contributed by atoms with Gasteiger partial charge in [-0.15, -0.1) is 0 Å². The lowest BCUT2D eigenvalue weighted by atomic mass is 9.99. The molecule has 3 atom stereocenters. The van der Waals surface area contributed by atoms with Gasteiger partial charge in [0.15, 0.2) is 0 Å². The molecule has 150 valence electrons. The van der Waals surface area contributed by atoms with E-state index < -0.39 is 5.60 Å². The van der Waals surface area contributed by atoms with Crippen LogP contribution in [0.4, 0.5) is 4.79 Å². The van der Waals surface area contributed by atoms with Crippen LogP contribution in [0.2, 0.25) is 0 Å². The largest absolute Gasteiger partial charge is 0.461 e. The fourth-order valence-electron chi connectivity index (χ4n) is 3.37. The first kappa shape index (κ1) is 21.6. The highest BCUT2D eigenvalue weighted by atomic mass is 32.2. The third kappa shape index (κ3) is 6.16. The minimum absolute atomic E-state index is 0.0193. The van der Waals surface area contributed by atoms with Crippen LogP contribution >= 0.6 is 11.8 Å². The molecule has 0 aromatic heterocycles. The first-order chi connectivity index (χ1) is 12.7. The molecular weight excluding hydrogens is 362 g/mol. The number of benzene rings is 1. The topological polar surface area (TPSA) is 55.8 Å². The highest BCUT2D eigenvalue weighted by Crippen LogP contribution is 2.33. The minimum atomic E-state index is -0.528. The standard InChI is InChI=1S/C21H31NO4S/c1-15(19(23)25-14-16-10-7-6-8-11-16)18(27-5)17-12-9-13-22(17)20(24)26-21(2,3)4/h6-8,10-11,15,17-18H,9,12-14H2,1-5H3/t15?,17-,18-/m1/s1. The van der Waals surface area contributed by atoms with Crippen LogP contribution in [0.3, 0.4) is 0 Å². The number of ether oxygens (including phenoxy) is 2. The van der Waals surface area contributed by atoms with Crippen molar-refractivity contribution in [2.45, 2.75) is 64.0 Å². The average Bonchev–Trinajstić information content (AvgIpc) is 3.09. The first-order valence-electron chi connectivity index (χ1n) is 9.46. The quantitative estimate of drug-likeness (QED) is 0.666. The van der Waals surface area contributed by atoms with Crippen LogP contribution in [0.5, 0.6) is 0 Å². The lowest BCUT2D eigenvalue weighted by molar-refractivity contribution is -0.149. The van der Waals surface area contributed by atoms with E-state index in [9.17, 15) is 9.59 Å². The Balaban J connectivity index is 2.00. The van der Waals surface area contributed by atoms with Crippen LogP contribution < -0.4 is 0 Å². The summed E-state index contributed by atoms with van der Waals surface area (Å²) in [5.41, 5.74) is 0.439. The van der Waals surface area contributed by atoms with Gasteiger partial charge in [0.1, 0.15) is 12.2 Å². The Labute approximate surface area is 166 Å². The van der Waals surface area contributed by atoms with Crippen molar-refractivity contribution in [2.75, 3.05) is 12.8 Å². The molecule has 1 aromatic rings. The Kier molecular flexibility index (Phi) is 7.59. The summed E-state index contributed by atoms with van der Waals surface area (Å²) in [4.78, 5) is 27.0. The van der Waals surface area contributed by atoms with Crippen molar-refractivity contribution in [3.8, 4) is 0 Å². The lowest BCUT2D eigenvalue weighted by Crippen LogP contribution is -2.47. The second-order valence-corrected chi connectivity index (χ2v) is 8.98. The van der Waals surface area contributed by atoms with Gasteiger partial charge in [0.2, 0.25) is 0 Å². The zero-order valence-electron chi connectivity index (χ0n) is 16.9. The summed E-state index contributed by atoms with van der Waals surface area (Å²) >= 11 is 1.61. The Morgan fingerprint density at radius 3 is 2.52 bits per heavy atom. The number of rotatable bonds is 6. The summed E-state index contributed by atoms with van der Waals surface area (Å²) in [6, 6.07) is 9.64. The zero-order chi connectivity index (χ0) is 20.0. The Morgan fingerprint density at radius 2 is 1.93 bits per heavy atom. The number of esters is 1. The second kappa shape index (κ2) is 9.49. The molecule has 1 saturated heterocycles. The summed E-state index contributed by atoms with van der Waals surface area (Å²) in [7, 11) is 0. The van der Waals surface area contributed by atoms with Crippen molar-refractivity contribution in [1.29, 1.82) is 0 Å². The molecule has 0 N–H and O–H groups in total. The van der Waals surface area contributed by atoms with E-state index in [0.717, 1.165) is 18.4 Å². The number of hydrogen-bond acceptors (Lipinski definition) is 5. The van der Waals surface area contributed by atoms with Crippen molar-refractivity contribution in [3.05, 3.63) is 35.9 Å². The number of hydrogen-bond donors (Lipinski definition) is 0. The molecule has 5 nitrogen and oxygen atoms in total. The van der Waals surface area contributed by atoms with Gasteiger partial charge in [0, 0.05) is 17.8 Å². The molecule has 0 bridgehead atoms. The van der Waals surface area contributed by atoms with Crippen LogP contribution in [0.1, 0.15) is 46.1 Å². The maximum absolute atomic E-state index is 12.6. The number of likely N-dealkylation sites (tertiary alicyclic amines) is 1. The van der Waals surface area contributed by atoms with Crippen LogP contribution in [-0.4, -0.2) is 46.7 Å². The van der Waals surface area contributed by atoms with E-state index in [0.29, 0.717) is 6.54 Å². The molecule has 1 aliphatic heterocycles. The third-order valence-corrected chi connectivity index (χ3v) is 5.93. The van der Waals surface area contributed by atoms with E-state index in [-0.39, 0.29) is 35.9 Å². The Hall–Kier alpha value is -1.69. The van der Waals surface area contributed by atoms with E-state index in [2.05, 4.69) is 0 Å². The molecule has 0 spiro atoms. The number of thioether (sulfide) groups is 1. The fraction of sp³-hybridized carbons (Fsp3) is 0.619. The molecule has 0 saturated carbocycles. The van der Waals surface area contributed by atoms with Crippen molar-refractivity contribution < 1.29 is 19.1 Å². The number of carbonyl (C=O) groups excluding carboxylic acids is 2. The minimum Gasteiger partial charge on any atom is -0.461 e. The van der Waals surface area contributed by atoms with Gasteiger partial charge in [-0.25, -0.2) is 4.79 Å². The summed E-state index contributed by atoms with van der Waals surface area (Å²) in [5.74, 6) is -0.536. The highest BCUT2D eigenvalue weighted by Gasteiger charge is 2.41. The summed E-state index contributed by atoms with van der Waals surface area (Å²) in [6.07, 6.45) is 3.49. The normalized spacial score (nSPS) is 19.4. The summed E-state index contributed by atoms with van der Waals surface area (Å²) in [5, 5.41) is -0.0247. The molecule has 6 heteroatoms. The molecule has 1 unspecified atom stereocenters. The van der Waals surface area contributed by atoms with Crippen LogP contribution in [0.15, 0.2) is 30.3 Å². The SMILES string of the molecule is CS[C@H](C(C)C(=O)OCc1ccccc1)[C@H]1CCCN1C(=O)OC(C)(C)C. The van der Waals surface area contributed by atoms with E-state index in [1.165, 1.54) is 0 Å². The molecule has 1 heterocycles. The number of nitrogens with zero attached hydrogens (tertiary/aromatic N) is 1. The maximum atomic E-state index is 12.6. The van der Waals surface area contributed by atoms with E-state index in [1.807, 2.05) is 64.3 Å². The first-order valence-corrected chi connectivity index (χ1v) is 10.7. The van der Waals surface area contributed by atoms with Crippen molar-refractivity contribution in [2.24, 2.45) is 5.92 Å². The average molecular weight is 394 g/mol. The van der Waals surface area contributed by atoms with Gasteiger partial charge in [-0.2, -0.15) is 11.8 Å². The number of amides is 1. The smallest absolute Gasteiger partial charge is 0.410 e. The third-order valence-electron chi connectivity index (χ3n) is 4.67. The van der Waals surface area contributed by atoms with E-state index in [4.69, 9.17) is 9.47 Å². The van der Waals surface area contributed by atoms with Crippen LogP contribution in [0, 0.1) is 5.92 Å². The second-order valence-electron chi connectivity index (χ2n) is 7.97. The molecule has 1 amide bonds. The van der Waals surface area contributed by atoms with Crippen molar-refractivity contribution in [1.82, 2.24) is 4.90 Å². The highest BCUT2D eigenvalue weighted by molar-refractivity contribution is 7.99. The van der Waals surface area contributed by atoms with Crippen molar-refractivity contribution >= 4 is 23.8 Å². The molecule has 1 fully saturated rings. The molecule has 1 aliphatic rings. The summed E-state index contributed by atoms with van der Waals surface area (Å²) < 4.78 is 11.1. The van der Waals surface area contributed by atoms with Gasteiger partial charge in [0.05, 0.1) is 5.92 Å². The van der Waals surface area contributed by atoms with Crippen LogP contribution in [-0.2, 0) is 20.9 Å². The predicted octanol–water partition coefficient (Wildman–Crippen LogP) is 4.50. The van der Waals surface area contributed by atoms with Crippen LogP contribution in [0.25, 0.3) is 0 Å². The Bertz CT molecular complexity index is 629. The van der Waals surface area contributed by atoms with Gasteiger partial charge in [-0.05, 0) is 45.4 Å². The van der Waals surface area contributed by atoms with Gasteiger partial charge in [0.25, 0.3) is 0 Å². The molecular formula is C21H31NO4S.